The quantitative estimate of drug-likeness (QED) is 0.461. The minimum Gasteiger partial charge on any atom is -0.497 e. The molecule has 0 amide bonds. The number of hydrogen-bond donors (Lipinski definition) is 0. The van der Waals surface area contributed by atoms with Crippen molar-refractivity contribution in [2.75, 3.05) is 12.9 Å². The minimum absolute atomic E-state index is 0.238. The summed E-state index contributed by atoms with van der Waals surface area (Å²) < 4.78 is 35.9. The van der Waals surface area contributed by atoms with Gasteiger partial charge in [-0.05, 0) is 56.5 Å². The van der Waals surface area contributed by atoms with E-state index in [2.05, 4.69) is 4.98 Å². The normalized spacial score (nSPS) is 11.5. The first-order chi connectivity index (χ1) is 14.8. The number of ketones is 1. The molecule has 0 bridgehead atoms. The molecule has 0 aliphatic rings. The molecule has 0 fully saturated rings. The van der Waals surface area contributed by atoms with Crippen molar-refractivity contribution in [3.8, 4) is 17.2 Å². The van der Waals surface area contributed by atoms with Gasteiger partial charge in [0.2, 0.25) is 5.89 Å². The number of hydrogen-bond acceptors (Lipinski definition) is 6. The van der Waals surface area contributed by atoms with Gasteiger partial charge in [-0.3, -0.25) is 4.79 Å². The molecule has 0 saturated heterocycles. The highest BCUT2D eigenvalue weighted by molar-refractivity contribution is 7.91. The number of aryl methyl sites for hydroxylation is 3. The Labute approximate surface area is 183 Å². The standard InChI is InChI=1S/C24H27NO5S/c1-17-7-9-19(10-8-17)5-4-6-21(26)15-31(27,28)16-23-18(2)30-24(25-23)20-11-13-22(29-3)14-12-20/h7-14H,4-6,15-16H2,1-3H3. The summed E-state index contributed by atoms with van der Waals surface area (Å²) in [5, 5.41) is 0. The maximum Gasteiger partial charge on any atom is 0.226 e. The zero-order valence-corrected chi connectivity index (χ0v) is 18.9. The van der Waals surface area contributed by atoms with E-state index in [0.29, 0.717) is 29.5 Å². The third-order valence-corrected chi connectivity index (χ3v) is 6.48. The van der Waals surface area contributed by atoms with Crippen molar-refractivity contribution >= 4 is 15.6 Å². The molecule has 0 aliphatic carbocycles. The Morgan fingerprint density at radius 2 is 1.71 bits per heavy atom. The largest absolute Gasteiger partial charge is 0.497 e. The number of Topliss-reactive ketones (excluding diaryl/α,β-unsaturated/α-hetero) is 1. The van der Waals surface area contributed by atoms with Gasteiger partial charge in [0.15, 0.2) is 9.84 Å². The van der Waals surface area contributed by atoms with Gasteiger partial charge in [-0.25, -0.2) is 13.4 Å². The Morgan fingerprint density at radius 1 is 1.03 bits per heavy atom. The molecular weight excluding hydrogens is 414 g/mol. The SMILES string of the molecule is COc1ccc(-c2nc(CS(=O)(=O)CC(=O)CCCc3ccc(C)cc3)c(C)o2)cc1. The lowest BCUT2D eigenvalue weighted by atomic mass is 10.1. The van der Waals surface area contributed by atoms with Crippen LogP contribution in [-0.2, 0) is 26.8 Å². The Kier molecular flexibility index (Phi) is 7.28. The molecule has 6 nitrogen and oxygen atoms in total. The summed E-state index contributed by atoms with van der Waals surface area (Å²) in [6, 6.07) is 15.3. The van der Waals surface area contributed by atoms with Crippen LogP contribution < -0.4 is 4.74 Å². The molecule has 1 heterocycles. The third-order valence-electron chi connectivity index (χ3n) is 5.01. The first kappa shape index (κ1) is 22.7. The fraction of sp³-hybridized carbons (Fsp3) is 0.333. The monoisotopic (exact) mass is 441 g/mol. The topological polar surface area (TPSA) is 86.5 Å². The molecule has 2 aromatic carbocycles. The van der Waals surface area contributed by atoms with Crippen LogP contribution in [0.15, 0.2) is 52.9 Å². The highest BCUT2D eigenvalue weighted by Crippen LogP contribution is 2.25. The molecular formula is C24H27NO5S. The van der Waals surface area contributed by atoms with Crippen LogP contribution in [0.2, 0.25) is 0 Å². The zero-order chi connectivity index (χ0) is 22.4. The lowest BCUT2D eigenvalue weighted by Crippen LogP contribution is -2.18. The van der Waals surface area contributed by atoms with Crippen LogP contribution in [0.4, 0.5) is 0 Å². The number of rotatable bonds is 10. The number of benzene rings is 2. The summed E-state index contributed by atoms with van der Waals surface area (Å²) in [5.74, 6) is 0.406. The first-order valence-electron chi connectivity index (χ1n) is 10.1. The van der Waals surface area contributed by atoms with E-state index < -0.39 is 15.6 Å². The smallest absolute Gasteiger partial charge is 0.226 e. The summed E-state index contributed by atoms with van der Waals surface area (Å²) in [5.41, 5.74) is 3.38. The van der Waals surface area contributed by atoms with Crippen molar-refractivity contribution < 1.29 is 22.4 Å². The average Bonchev–Trinajstić information content (AvgIpc) is 3.08. The molecule has 0 saturated carbocycles. The average molecular weight is 442 g/mol. The predicted molar refractivity (Wildman–Crippen MR) is 120 cm³/mol. The molecule has 164 valence electrons. The Balaban J connectivity index is 1.56. The molecule has 7 heteroatoms. The zero-order valence-electron chi connectivity index (χ0n) is 18.1. The van der Waals surface area contributed by atoms with Gasteiger partial charge in [-0.1, -0.05) is 29.8 Å². The van der Waals surface area contributed by atoms with Gasteiger partial charge in [0, 0.05) is 12.0 Å². The van der Waals surface area contributed by atoms with E-state index in [9.17, 15) is 13.2 Å². The van der Waals surface area contributed by atoms with Gasteiger partial charge < -0.3 is 9.15 Å². The highest BCUT2D eigenvalue weighted by atomic mass is 32.2. The summed E-state index contributed by atoms with van der Waals surface area (Å²) in [6.07, 6.45) is 1.61. The summed E-state index contributed by atoms with van der Waals surface area (Å²) in [6.45, 7) is 3.70. The second-order valence-electron chi connectivity index (χ2n) is 7.66. The number of methoxy groups -OCH3 is 1. The molecule has 0 aliphatic heterocycles. The molecule has 0 atom stereocenters. The number of sulfone groups is 1. The second-order valence-corrected chi connectivity index (χ2v) is 9.72. The van der Waals surface area contributed by atoms with Gasteiger partial charge in [-0.2, -0.15) is 0 Å². The third kappa shape index (κ3) is 6.52. The van der Waals surface area contributed by atoms with Crippen LogP contribution in [0.3, 0.4) is 0 Å². The lowest BCUT2D eigenvalue weighted by molar-refractivity contribution is -0.116. The van der Waals surface area contributed by atoms with Gasteiger partial charge in [-0.15, -0.1) is 0 Å². The van der Waals surface area contributed by atoms with Crippen LogP contribution >= 0.6 is 0 Å². The maximum atomic E-state index is 12.5. The van der Waals surface area contributed by atoms with E-state index in [0.717, 1.165) is 17.5 Å². The van der Waals surface area contributed by atoms with Crippen molar-refractivity contribution in [1.29, 1.82) is 0 Å². The molecule has 0 N–H and O–H groups in total. The van der Waals surface area contributed by atoms with Gasteiger partial charge in [0.05, 0.1) is 18.6 Å². The van der Waals surface area contributed by atoms with Crippen LogP contribution in [0.25, 0.3) is 11.5 Å². The fourth-order valence-electron chi connectivity index (χ4n) is 3.24. The number of carbonyl (C=O) groups is 1. The minimum atomic E-state index is -3.63. The van der Waals surface area contributed by atoms with Crippen molar-refractivity contribution in [2.45, 2.75) is 38.9 Å². The first-order valence-corrected chi connectivity index (χ1v) is 12.0. The number of carbonyl (C=O) groups excluding carboxylic acids is 1. The van der Waals surface area contributed by atoms with E-state index >= 15 is 0 Å². The fourth-order valence-corrected chi connectivity index (χ4v) is 4.66. The Bertz CT molecular complexity index is 1130. The maximum absolute atomic E-state index is 12.5. The number of aromatic nitrogens is 1. The summed E-state index contributed by atoms with van der Waals surface area (Å²) in [4.78, 5) is 16.6. The van der Waals surface area contributed by atoms with Crippen LogP contribution in [0.5, 0.6) is 5.75 Å². The Hall–Kier alpha value is -2.93. The van der Waals surface area contributed by atoms with E-state index in [-0.39, 0.29) is 18.0 Å². The van der Waals surface area contributed by atoms with Gasteiger partial charge in [0.25, 0.3) is 0 Å². The number of ether oxygens (including phenoxy) is 1. The number of oxazole rings is 1. The molecule has 31 heavy (non-hydrogen) atoms. The molecule has 1 aromatic heterocycles. The Morgan fingerprint density at radius 3 is 2.35 bits per heavy atom. The molecule has 3 rings (SSSR count). The molecule has 0 unspecified atom stereocenters. The van der Waals surface area contributed by atoms with Crippen LogP contribution in [0.1, 0.15) is 35.4 Å². The number of nitrogens with zero attached hydrogens (tertiary/aromatic N) is 1. The van der Waals surface area contributed by atoms with E-state index in [1.807, 2.05) is 31.2 Å². The van der Waals surface area contributed by atoms with Crippen molar-refractivity contribution in [1.82, 2.24) is 4.98 Å². The highest BCUT2D eigenvalue weighted by Gasteiger charge is 2.22. The van der Waals surface area contributed by atoms with Gasteiger partial charge in [0.1, 0.15) is 23.0 Å². The predicted octanol–water partition coefficient (Wildman–Crippen LogP) is 4.47. The van der Waals surface area contributed by atoms with Crippen molar-refractivity contribution in [3.05, 3.63) is 71.1 Å². The summed E-state index contributed by atoms with van der Waals surface area (Å²) in [7, 11) is -2.05. The van der Waals surface area contributed by atoms with Crippen LogP contribution in [-0.4, -0.2) is 32.0 Å². The summed E-state index contributed by atoms with van der Waals surface area (Å²) >= 11 is 0. The van der Waals surface area contributed by atoms with E-state index in [1.165, 1.54) is 5.56 Å². The van der Waals surface area contributed by atoms with Crippen molar-refractivity contribution in [2.24, 2.45) is 0 Å². The molecule has 0 radical (unpaired) electrons. The van der Waals surface area contributed by atoms with E-state index in [4.69, 9.17) is 9.15 Å². The van der Waals surface area contributed by atoms with Gasteiger partial charge >= 0.3 is 0 Å². The van der Waals surface area contributed by atoms with Crippen molar-refractivity contribution in [3.63, 3.8) is 0 Å². The van der Waals surface area contributed by atoms with Crippen LogP contribution in [0, 0.1) is 13.8 Å². The molecule has 0 spiro atoms. The van der Waals surface area contributed by atoms with E-state index in [1.54, 1.807) is 38.3 Å². The second kappa shape index (κ2) is 9.92. The lowest BCUT2D eigenvalue weighted by Gasteiger charge is -2.04. The molecule has 3 aromatic rings.